The second kappa shape index (κ2) is 6.59. The van der Waals surface area contributed by atoms with E-state index in [4.69, 9.17) is 4.74 Å². The van der Waals surface area contributed by atoms with Crippen molar-refractivity contribution in [3.8, 4) is 5.75 Å². The summed E-state index contributed by atoms with van der Waals surface area (Å²) in [6.07, 6.45) is 5.65. The third-order valence-corrected chi connectivity index (χ3v) is 4.00. The van der Waals surface area contributed by atoms with Crippen LogP contribution in [0, 0.1) is 0 Å². The van der Waals surface area contributed by atoms with E-state index in [1.54, 1.807) is 7.11 Å². The summed E-state index contributed by atoms with van der Waals surface area (Å²) in [5.74, 6) is 0.918. The van der Waals surface area contributed by atoms with Crippen molar-refractivity contribution in [2.75, 3.05) is 13.7 Å². The highest BCUT2D eigenvalue weighted by atomic mass is 16.5. The minimum Gasteiger partial charge on any atom is -0.497 e. The Morgan fingerprint density at radius 2 is 1.76 bits per heavy atom. The Balaban J connectivity index is 1.64. The fourth-order valence-corrected chi connectivity index (χ4v) is 2.81. The Labute approximate surface area is 126 Å². The maximum atomic E-state index is 5.21. The van der Waals surface area contributed by atoms with E-state index in [2.05, 4.69) is 59.5 Å². The molecule has 0 saturated carbocycles. The lowest BCUT2D eigenvalue weighted by atomic mass is 10.1. The van der Waals surface area contributed by atoms with E-state index in [0.29, 0.717) is 6.04 Å². The third kappa shape index (κ3) is 3.53. The van der Waals surface area contributed by atoms with Crippen LogP contribution in [0.2, 0.25) is 0 Å². The van der Waals surface area contributed by atoms with Crippen molar-refractivity contribution >= 4 is 0 Å². The second-order valence-corrected chi connectivity index (χ2v) is 5.46. The molecule has 3 rings (SSSR count). The van der Waals surface area contributed by atoms with Crippen molar-refractivity contribution in [3.05, 3.63) is 77.9 Å². The first-order valence-corrected chi connectivity index (χ1v) is 7.43. The molecule has 0 saturated heterocycles. The van der Waals surface area contributed by atoms with Gasteiger partial charge in [-0.25, -0.2) is 0 Å². The molecular weight excluding hydrogens is 258 g/mol. The van der Waals surface area contributed by atoms with Gasteiger partial charge in [-0.05, 0) is 29.7 Å². The Kier molecular flexibility index (Phi) is 4.37. The molecule has 0 amide bonds. The lowest BCUT2D eigenvalue weighted by molar-refractivity contribution is 0.262. The Bertz CT molecular complexity index is 589. The van der Waals surface area contributed by atoms with Gasteiger partial charge in [0, 0.05) is 19.1 Å². The molecule has 1 aliphatic heterocycles. The molecule has 0 aromatic heterocycles. The van der Waals surface area contributed by atoms with Gasteiger partial charge >= 0.3 is 0 Å². The van der Waals surface area contributed by atoms with Crippen LogP contribution >= 0.6 is 0 Å². The zero-order valence-corrected chi connectivity index (χ0v) is 12.4. The predicted molar refractivity (Wildman–Crippen MR) is 86.5 cm³/mol. The van der Waals surface area contributed by atoms with Crippen molar-refractivity contribution < 1.29 is 4.74 Å². The molecule has 0 aliphatic carbocycles. The topological polar surface area (TPSA) is 12.5 Å². The number of hydrogen-bond acceptors (Lipinski definition) is 2. The van der Waals surface area contributed by atoms with E-state index in [1.165, 1.54) is 11.1 Å². The van der Waals surface area contributed by atoms with Gasteiger partial charge in [-0.2, -0.15) is 0 Å². The number of hydrogen-bond donors (Lipinski definition) is 0. The Morgan fingerprint density at radius 3 is 2.48 bits per heavy atom. The van der Waals surface area contributed by atoms with E-state index in [-0.39, 0.29) is 0 Å². The number of methoxy groups -OCH3 is 1. The summed E-state index contributed by atoms with van der Waals surface area (Å²) in [6.45, 7) is 2.05. The highest BCUT2D eigenvalue weighted by Gasteiger charge is 2.19. The molecule has 0 radical (unpaired) electrons. The fourth-order valence-electron chi connectivity index (χ4n) is 2.81. The van der Waals surface area contributed by atoms with E-state index in [1.807, 2.05) is 12.1 Å². The Morgan fingerprint density at radius 1 is 1.00 bits per heavy atom. The summed E-state index contributed by atoms with van der Waals surface area (Å²) in [6, 6.07) is 19.6. The predicted octanol–water partition coefficient (Wildman–Crippen LogP) is 3.68. The van der Waals surface area contributed by atoms with E-state index in [0.717, 1.165) is 25.3 Å². The minimum absolute atomic E-state index is 0.485. The van der Waals surface area contributed by atoms with Crippen molar-refractivity contribution in [1.82, 2.24) is 4.90 Å². The maximum absolute atomic E-state index is 5.21. The summed E-state index contributed by atoms with van der Waals surface area (Å²) in [5.41, 5.74) is 2.73. The van der Waals surface area contributed by atoms with Gasteiger partial charge in [-0.15, -0.1) is 0 Å². The largest absolute Gasteiger partial charge is 0.497 e. The molecule has 2 nitrogen and oxygen atoms in total. The second-order valence-electron chi connectivity index (χ2n) is 5.46. The van der Waals surface area contributed by atoms with Gasteiger partial charge in [-0.3, -0.25) is 4.90 Å². The van der Waals surface area contributed by atoms with Gasteiger partial charge in [0.2, 0.25) is 0 Å². The van der Waals surface area contributed by atoms with Gasteiger partial charge in [0.15, 0.2) is 0 Å². The van der Waals surface area contributed by atoms with Crippen LogP contribution in [0.15, 0.2) is 66.7 Å². The van der Waals surface area contributed by atoms with Crippen molar-refractivity contribution in [2.24, 2.45) is 0 Å². The standard InChI is InChI=1S/C19H21NO/c1-21-19-11-9-16(10-12-19)14-18-8-5-13-20(18)15-17-6-3-2-4-7-17/h2-12,18H,13-15H2,1H3. The lowest BCUT2D eigenvalue weighted by Crippen LogP contribution is -2.31. The summed E-state index contributed by atoms with van der Waals surface area (Å²) >= 11 is 0. The highest BCUT2D eigenvalue weighted by Crippen LogP contribution is 2.20. The molecule has 2 heteroatoms. The first-order chi connectivity index (χ1) is 10.3. The fraction of sp³-hybridized carbons (Fsp3) is 0.263. The number of nitrogens with zero attached hydrogens (tertiary/aromatic N) is 1. The molecule has 2 aromatic rings. The van der Waals surface area contributed by atoms with Crippen molar-refractivity contribution in [3.63, 3.8) is 0 Å². The lowest BCUT2D eigenvalue weighted by Gasteiger charge is -2.24. The maximum Gasteiger partial charge on any atom is 0.118 e. The molecule has 21 heavy (non-hydrogen) atoms. The van der Waals surface area contributed by atoms with Gasteiger partial charge in [0.1, 0.15) is 5.75 Å². The molecule has 2 aromatic carbocycles. The van der Waals surface area contributed by atoms with E-state index < -0.39 is 0 Å². The smallest absolute Gasteiger partial charge is 0.118 e. The first-order valence-electron chi connectivity index (χ1n) is 7.43. The van der Waals surface area contributed by atoms with Gasteiger partial charge < -0.3 is 4.74 Å². The molecule has 108 valence electrons. The van der Waals surface area contributed by atoms with Crippen LogP contribution in [0.25, 0.3) is 0 Å². The quantitative estimate of drug-likeness (QED) is 0.774. The normalized spacial score (nSPS) is 18.0. The first kappa shape index (κ1) is 13.9. The van der Waals surface area contributed by atoms with Gasteiger partial charge in [0.25, 0.3) is 0 Å². The average molecular weight is 279 g/mol. The van der Waals surface area contributed by atoms with Crippen molar-refractivity contribution in [2.45, 2.75) is 19.0 Å². The summed E-state index contributed by atoms with van der Waals surface area (Å²) in [7, 11) is 1.70. The van der Waals surface area contributed by atoms with Crippen molar-refractivity contribution in [1.29, 1.82) is 0 Å². The summed E-state index contributed by atoms with van der Waals surface area (Å²) in [4.78, 5) is 2.51. The molecule has 1 aliphatic rings. The van der Waals surface area contributed by atoms with Gasteiger partial charge in [0.05, 0.1) is 7.11 Å². The highest BCUT2D eigenvalue weighted by molar-refractivity contribution is 5.28. The van der Waals surface area contributed by atoms with Crippen LogP contribution < -0.4 is 4.74 Å². The minimum atomic E-state index is 0.485. The molecule has 1 atom stereocenters. The average Bonchev–Trinajstić information content (AvgIpc) is 2.96. The van der Waals surface area contributed by atoms with Crippen LogP contribution in [0.5, 0.6) is 5.75 Å². The molecule has 1 unspecified atom stereocenters. The summed E-state index contributed by atoms with van der Waals surface area (Å²) < 4.78 is 5.21. The monoisotopic (exact) mass is 279 g/mol. The van der Waals surface area contributed by atoms with E-state index in [9.17, 15) is 0 Å². The number of ether oxygens (including phenoxy) is 1. The molecule has 0 spiro atoms. The van der Waals surface area contributed by atoms with Crippen LogP contribution in [-0.4, -0.2) is 24.6 Å². The SMILES string of the molecule is COc1ccc(CC2C=CCN2Cc2ccccc2)cc1. The third-order valence-electron chi connectivity index (χ3n) is 4.00. The van der Waals surface area contributed by atoms with Gasteiger partial charge in [-0.1, -0.05) is 54.6 Å². The molecule has 1 heterocycles. The zero-order valence-electron chi connectivity index (χ0n) is 12.4. The van der Waals surface area contributed by atoms with Crippen LogP contribution in [-0.2, 0) is 13.0 Å². The zero-order chi connectivity index (χ0) is 14.5. The molecule has 0 fully saturated rings. The summed E-state index contributed by atoms with van der Waals surface area (Å²) in [5, 5.41) is 0. The molecular formula is C19H21NO. The molecule has 0 bridgehead atoms. The van der Waals surface area contributed by atoms with Crippen LogP contribution in [0.3, 0.4) is 0 Å². The molecule has 0 N–H and O–H groups in total. The van der Waals surface area contributed by atoms with Crippen LogP contribution in [0.1, 0.15) is 11.1 Å². The number of rotatable bonds is 5. The van der Waals surface area contributed by atoms with E-state index >= 15 is 0 Å². The van der Waals surface area contributed by atoms with Crippen LogP contribution in [0.4, 0.5) is 0 Å². The number of benzene rings is 2. The Hall–Kier alpha value is -2.06.